The number of rotatable bonds is 6. The minimum absolute atomic E-state index is 0.168. The normalized spacial score (nSPS) is 12.0. The molecule has 1 atom stereocenters. The van der Waals surface area contributed by atoms with Gasteiger partial charge in [0.05, 0.1) is 6.04 Å². The molecule has 0 aliphatic rings. The molecule has 0 saturated heterocycles. The quantitative estimate of drug-likeness (QED) is 0.656. The number of thiophene rings is 1. The third kappa shape index (κ3) is 4.71. The zero-order chi connectivity index (χ0) is 18.4. The van der Waals surface area contributed by atoms with Crippen LogP contribution in [0.1, 0.15) is 10.9 Å². The number of urea groups is 1. The van der Waals surface area contributed by atoms with E-state index in [0.717, 1.165) is 16.8 Å². The summed E-state index contributed by atoms with van der Waals surface area (Å²) in [7, 11) is 4.04. The summed E-state index contributed by atoms with van der Waals surface area (Å²) in [5.41, 5.74) is 3.06. The number of likely N-dealkylation sites (N-methyl/N-ethyl adjacent to an activating group) is 1. The van der Waals surface area contributed by atoms with Crippen molar-refractivity contribution in [1.82, 2.24) is 10.2 Å². The van der Waals surface area contributed by atoms with Gasteiger partial charge in [-0.2, -0.15) is 0 Å². The molecule has 0 spiro atoms. The summed E-state index contributed by atoms with van der Waals surface area (Å²) in [6, 6.07) is 22.1. The molecule has 0 aliphatic carbocycles. The van der Waals surface area contributed by atoms with Gasteiger partial charge >= 0.3 is 6.03 Å². The monoisotopic (exact) mass is 365 g/mol. The Hall–Kier alpha value is -2.63. The van der Waals surface area contributed by atoms with Gasteiger partial charge in [-0.25, -0.2) is 4.79 Å². The van der Waals surface area contributed by atoms with Crippen molar-refractivity contribution in [3.8, 4) is 11.1 Å². The van der Waals surface area contributed by atoms with Gasteiger partial charge in [0, 0.05) is 17.1 Å². The largest absolute Gasteiger partial charge is 0.336 e. The number of nitrogens with one attached hydrogen (secondary N) is 2. The fourth-order valence-electron chi connectivity index (χ4n) is 2.76. The highest BCUT2D eigenvalue weighted by molar-refractivity contribution is 7.10. The number of carbonyl (C=O) groups excluding carboxylic acids is 1. The maximum absolute atomic E-state index is 12.2. The Morgan fingerprint density at radius 2 is 1.65 bits per heavy atom. The van der Waals surface area contributed by atoms with E-state index in [0.29, 0.717) is 6.54 Å². The van der Waals surface area contributed by atoms with Crippen molar-refractivity contribution in [1.29, 1.82) is 0 Å². The molecule has 0 bridgehead atoms. The SMILES string of the molecule is CN(C)C(CNC(=O)Nc1ccc(-c2ccccc2)cc1)c1cccs1. The fraction of sp³-hybridized carbons (Fsp3) is 0.190. The molecule has 3 rings (SSSR count). The van der Waals surface area contributed by atoms with Gasteiger partial charge in [0.2, 0.25) is 0 Å². The Bertz CT molecular complexity index is 814. The number of hydrogen-bond acceptors (Lipinski definition) is 3. The molecule has 0 radical (unpaired) electrons. The molecule has 2 aromatic carbocycles. The maximum atomic E-state index is 12.2. The first kappa shape index (κ1) is 18.2. The van der Waals surface area contributed by atoms with Crippen LogP contribution < -0.4 is 10.6 Å². The molecule has 2 N–H and O–H groups in total. The van der Waals surface area contributed by atoms with E-state index in [4.69, 9.17) is 0 Å². The lowest BCUT2D eigenvalue weighted by molar-refractivity contribution is 0.244. The van der Waals surface area contributed by atoms with E-state index in [1.165, 1.54) is 4.88 Å². The van der Waals surface area contributed by atoms with Gasteiger partial charge in [-0.1, -0.05) is 48.5 Å². The second-order valence-corrected chi connectivity index (χ2v) is 7.25. The molecule has 4 nitrogen and oxygen atoms in total. The molecule has 5 heteroatoms. The van der Waals surface area contributed by atoms with Gasteiger partial charge in [-0.3, -0.25) is 0 Å². The van der Waals surface area contributed by atoms with Crippen molar-refractivity contribution in [2.45, 2.75) is 6.04 Å². The summed E-state index contributed by atoms with van der Waals surface area (Å²) < 4.78 is 0. The molecule has 134 valence electrons. The van der Waals surface area contributed by atoms with Crippen LogP contribution >= 0.6 is 11.3 Å². The molecule has 3 aromatic rings. The first-order valence-electron chi connectivity index (χ1n) is 8.53. The Labute approximate surface area is 158 Å². The fourth-order valence-corrected chi connectivity index (χ4v) is 3.68. The molecule has 0 saturated carbocycles. The summed E-state index contributed by atoms with van der Waals surface area (Å²) in [6.45, 7) is 0.557. The zero-order valence-corrected chi connectivity index (χ0v) is 15.8. The van der Waals surface area contributed by atoms with E-state index in [1.54, 1.807) is 11.3 Å². The van der Waals surface area contributed by atoms with Crippen molar-refractivity contribution in [3.63, 3.8) is 0 Å². The lowest BCUT2D eigenvalue weighted by Gasteiger charge is -2.23. The Balaban J connectivity index is 1.56. The van der Waals surface area contributed by atoms with Gasteiger partial charge in [0.1, 0.15) is 0 Å². The molecule has 1 unspecified atom stereocenters. The van der Waals surface area contributed by atoms with E-state index < -0.39 is 0 Å². The molecule has 2 amide bonds. The van der Waals surface area contributed by atoms with Gasteiger partial charge < -0.3 is 15.5 Å². The maximum Gasteiger partial charge on any atom is 0.319 e. The minimum atomic E-state index is -0.194. The Morgan fingerprint density at radius 1 is 0.962 bits per heavy atom. The number of amides is 2. The van der Waals surface area contributed by atoms with Crippen LogP contribution in [0.15, 0.2) is 72.1 Å². The highest BCUT2D eigenvalue weighted by atomic mass is 32.1. The number of benzene rings is 2. The van der Waals surface area contributed by atoms with E-state index >= 15 is 0 Å². The second-order valence-electron chi connectivity index (χ2n) is 6.27. The van der Waals surface area contributed by atoms with Gasteiger partial charge in [0.25, 0.3) is 0 Å². The van der Waals surface area contributed by atoms with Crippen LogP contribution in [0.2, 0.25) is 0 Å². The number of hydrogen-bond donors (Lipinski definition) is 2. The third-order valence-corrected chi connectivity index (χ3v) is 5.17. The summed E-state index contributed by atoms with van der Waals surface area (Å²) in [6.07, 6.45) is 0. The van der Waals surface area contributed by atoms with Crippen molar-refractivity contribution in [3.05, 3.63) is 77.0 Å². The molecule has 1 heterocycles. The lowest BCUT2D eigenvalue weighted by Crippen LogP contribution is -2.36. The zero-order valence-electron chi connectivity index (χ0n) is 15.0. The van der Waals surface area contributed by atoms with Crippen LogP contribution in [-0.2, 0) is 0 Å². The number of nitrogens with zero attached hydrogens (tertiary/aromatic N) is 1. The number of carbonyl (C=O) groups is 1. The van der Waals surface area contributed by atoms with Crippen molar-refractivity contribution >= 4 is 23.1 Å². The standard InChI is InChI=1S/C21H23N3OS/c1-24(2)19(20-9-6-14-26-20)15-22-21(25)23-18-12-10-17(11-13-18)16-7-4-3-5-8-16/h3-14,19H,15H2,1-2H3,(H2,22,23,25). The summed E-state index contributed by atoms with van der Waals surface area (Å²) in [4.78, 5) is 15.6. The van der Waals surface area contributed by atoms with Gasteiger partial charge in [-0.05, 0) is 48.8 Å². The average molecular weight is 366 g/mol. The summed E-state index contributed by atoms with van der Waals surface area (Å²) in [5.74, 6) is 0. The molecule has 0 fully saturated rings. The molecule has 0 aliphatic heterocycles. The van der Waals surface area contributed by atoms with Crippen LogP contribution in [0.25, 0.3) is 11.1 Å². The smallest absolute Gasteiger partial charge is 0.319 e. The molecular weight excluding hydrogens is 342 g/mol. The Morgan fingerprint density at radius 3 is 2.27 bits per heavy atom. The first-order chi connectivity index (χ1) is 12.6. The van der Waals surface area contributed by atoms with Crippen LogP contribution in [0.5, 0.6) is 0 Å². The van der Waals surface area contributed by atoms with Crippen molar-refractivity contribution < 1.29 is 4.79 Å². The van der Waals surface area contributed by atoms with Crippen LogP contribution in [-0.4, -0.2) is 31.6 Å². The van der Waals surface area contributed by atoms with Crippen LogP contribution in [0.3, 0.4) is 0 Å². The van der Waals surface area contributed by atoms with Gasteiger partial charge in [-0.15, -0.1) is 11.3 Å². The predicted molar refractivity (Wildman–Crippen MR) is 110 cm³/mol. The average Bonchev–Trinajstić information content (AvgIpc) is 3.17. The first-order valence-corrected chi connectivity index (χ1v) is 9.41. The molecule has 1 aromatic heterocycles. The highest BCUT2D eigenvalue weighted by Gasteiger charge is 2.16. The van der Waals surface area contributed by atoms with E-state index in [-0.39, 0.29) is 12.1 Å². The number of anilines is 1. The third-order valence-electron chi connectivity index (χ3n) is 4.20. The minimum Gasteiger partial charge on any atom is -0.336 e. The highest BCUT2D eigenvalue weighted by Crippen LogP contribution is 2.23. The van der Waals surface area contributed by atoms with E-state index in [9.17, 15) is 4.79 Å². The lowest BCUT2D eigenvalue weighted by atomic mass is 10.1. The van der Waals surface area contributed by atoms with Crippen LogP contribution in [0, 0.1) is 0 Å². The predicted octanol–water partition coefficient (Wildman–Crippen LogP) is 4.84. The van der Waals surface area contributed by atoms with Crippen LogP contribution in [0.4, 0.5) is 10.5 Å². The molecular formula is C21H23N3OS. The topological polar surface area (TPSA) is 44.4 Å². The van der Waals surface area contributed by atoms with E-state index in [2.05, 4.69) is 39.1 Å². The summed E-state index contributed by atoms with van der Waals surface area (Å²) >= 11 is 1.70. The molecule has 26 heavy (non-hydrogen) atoms. The Kier molecular flexibility index (Phi) is 6.04. The van der Waals surface area contributed by atoms with Gasteiger partial charge in [0.15, 0.2) is 0 Å². The van der Waals surface area contributed by atoms with E-state index in [1.807, 2.05) is 62.6 Å². The van der Waals surface area contributed by atoms with Crippen molar-refractivity contribution in [2.24, 2.45) is 0 Å². The van der Waals surface area contributed by atoms with Crippen molar-refractivity contribution in [2.75, 3.05) is 26.0 Å². The second kappa shape index (κ2) is 8.65. The summed E-state index contributed by atoms with van der Waals surface area (Å²) in [5, 5.41) is 7.91.